The van der Waals surface area contributed by atoms with Gasteiger partial charge >= 0.3 is 0 Å². The lowest BCUT2D eigenvalue weighted by Gasteiger charge is -2.45. The summed E-state index contributed by atoms with van der Waals surface area (Å²) in [6.07, 6.45) is 3.14. The third kappa shape index (κ3) is 3.11. The van der Waals surface area contributed by atoms with E-state index >= 15 is 0 Å². The van der Waals surface area contributed by atoms with Crippen LogP contribution in [0, 0.1) is 0 Å². The standard InChI is InChI=1S/C25H30N2O2/c1-7-27-23-11-9-18(29-6)14-20(23)21(24(27)28)13-17-8-10-22-19(12-17)16(2)15-25(3,4)26(22)5/h8-14,16H,7,15H2,1-6H3/b21-13-. The van der Waals surface area contributed by atoms with E-state index in [1.54, 1.807) is 7.11 Å². The lowest BCUT2D eigenvalue weighted by atomic mass is 9.80. The lowest BCUT2D eigenvalue weighted by molar-refractivity contribution is -0.112. The van der Waals surface area contributed by atoms with E-state index in [1.807, 2.05) is 36.1 Å². The van der Waals surface area contributed by atoms with Crippen LogP contribution in [0.4, 0.5) is 11.4 Å². The lowest BCUT2D eigenvalue weighted by Crippen LogP contribution is -2.45. The molecule has 29 heavy (non-hydrogen) atoms. The van der Waals surface area contributed by atoms with Crippen LogP contribution in [0.15, 0.2) is 36.4 Å². The van der Waals surface area contributed by atoms with Crippen molar-refractivity contribution in [3.05, 3.63) is 53.1 Å². The van der Waals surface area contributed by atoms with Gasteiger partial charge in [-0.3, -0.25) is 4.79 Å². The summed E-state index contributed by atoms with van der Waals surface area (Å²) in [6.45, 7) is 9.54. The highest BCUT2D eigenvalue weighted by atomic mass is 16.5. The molecule has 4 nitrogen and oxygen atoms in total. The predicted octanol–water partition coefficient (Wildman–Crippen LogP) is 5.32. The molecule has 2 aromatic rings. The number of nitrogens with zero attached hydrogens (tertiary/aromatic N) is 2. The number of hydrogen-bond donors (Lipinski definition) is 0. The molecular weight excluding hydrogens is 360 g/mol. The second-order valence-corrected chi connectivity index (χ2v) is 8.79. The minimum atomic E-state index is 0.0553. The Labute approximate surface area is 173 Å². The highest BCUT2D eigenvalue weighted by Gasteiger charge is 2.35. The van der Waals surface area contributed by atoms with E-state index < -0.39 is 0 Å². The van der Waals surface area contributed by atoms with Gasteiger partial charge in [0.2, 0.25) is 0 Å². The monoisotopic (exact) mass is 390 g/mol. The molecule has 0 fully saturated rings. The fraction of sp³-hybridized carbons (Fsp3) is 0.400. The Bertz CT molecular complexity index is 1010. The van der Waals surface area contributed by atoms with Crippen LogP contribution in [0.5, 0.6) is 5.75 Å². The first-order chi connectivity index (χ1) is 13.8. The Morgan fingerprint density at radius 2 is 1.90 bits per heavy atom. The van der Waals surface area contributed by atoms with Crippen molar-refractivity contribution in [1.29, 1.82) is 0 Å². The van der Waals surface area contributed by atoms with Crippen LogP contribution in [0.2, 0.25) is 0 Å². The molecule has 0 N–H and O–H groups in total. The Morgan fingerprint density at radius 1 is 1.17 bits per heavy atom. The van der Waals surface area contributed by atoms with E-state index in [0.29, 0.717) is 12.5 Å². The number of methoxy groups -OCH3 is 1. The van der Waals surface area contributed by atoms with Crippen LogP contribution in [0.25, 0.3) is 11.6 Å². The van der Waals surface area contributed by atoms with Crippen LogP contribution in [-0.2, 0) is 4.79 Å². The van der Waals surface area contributed by atoms with E-state index in [-0.39, 0.29) is 11.4 Å². The van der Waals surface area contributed by atoms with Crippen LogP contribution in [0.1, 0.15) is 56.7 Å². The molecule has 0 aromatic heterocycles. The van der Waals surface area contributed by atoms with Crippen LogP contribution < -0.4 is 14.5 Å². The first-order valence-corrected chi connectivity index (χ1v) is 10.4. The van der Waals surface area contributed by atoms with Gasteiger partial charge in [0.15, 0.2) is 0 Å². The van der Waals surface area contributed by atoms with Crippen molar-refractivity contribution in [2.24, 2.45) is 0 Å². The fourth-order valence-corrected chi connectivity index (χ4v) is 4.77. The van der Waals surface area contributed by atoms with Gasteiger partial charge in [-0.1, -0.05) is 13.0 Å². The van der Waals surface area contributed by atoms with Gasteiger partial charge in [-0.05, 0) is 80.6 Å². The summed E-state index contributed by atoms with van der Waals surface area (Å²) in [4.78, 5) is 17.3. The minimum Gasteiger partial charge on any atom is -0.497 e. The quantitative estimate of drug-likeness (QED) is 0.665. The first-order valence-electron chi connectivity index (χ1n) is 10.4. The van der Waals surface area contributed by atoms with Crippen molar-refractivity contribution in [2.75, 3.05) is 30.5 Å². The van der Waals surface area contributed by atoms with Crippen LogP contribution in [0.3, 0.4) is 0 Å². The molecule has 4 rings (SSSR count). The highest BCUT2D eigenvalue weighted by Crippen LogP contribution is 2.44. The number of likely N-dealkylation sites (N-methyl/N-ethyl adjacent to an activating group) is 1. The molecule has 1 amide bonds. The maximum Gasteiger partial charge on any atom is 0.258 e. The van der Waals surface area contributed by atoms with Crippen molar-refractivity contribution in [2.45, 2.75) is 45.6 Å². The summed E-state index contributed by atoms with van der Waals surface area (Å²) < 4.78 is 5.40. The number of anilines is 2. The SMILES string of the molecule is CCN1C(=O)/C(=C\c2ccc3c(c2)C(C)CC(C)(C)N3C)c2cc(OC)ccc21. The summed E-state index contributed by atoms with van der Waals surface area (Å²) in [5, 5.41) is 0. The second kappa shape index (κ2) is 6.94. The van der Waals surface area contributed by atoms with Crippen molar-refractivity contribution in [3.8, 4) is 5.75 Å². The number of rotatable bonds is 3. The maximum atomic E-state index is 13.1. The zero-order valence-corrected chi connectivity index (χ0v) is 18.2. The molecule has 4 heteroatoms. The maximum absolute atomic E-state index is 13.1. The molecule has 0 aliphatic carbocycles. The zero-order chi connectivity index (χ0) is 20.9. The normalized spacial score (nSPS) is 21.4. The summed E-state index contributed by atoms with van der Waals surface area (Å²) in [5.74, 6) is 1.30. The molecule has 1 unspecified atom stereocenters. The Kier molecular flexibility index (Phi) is 4.68. The molecule has 2 aliphatic rings. The van der Waals surface area contributed by atoms with E-state index in [9.17, 15) is 4.79 Å². The third-order valence-electron chi connectivity index (χ3n) is 6.55. The first kappa shape index (κ1) is 19.6. The van der Waals surface area contributed by atoms with Crippen LogP contribution >= 0.6 is 0 Å². The molecule has 2 aromatic carbocycles. The van der Waals surface area contributed by atoms with Crippen molar-refractivity contribution >= 4 is 28.9 Å². The van der Waals surface area contributed by atoms with Gasteiger partial charge in [-0.25, -0.2) is 0 Å². The molecule has 2 aliphatic heterocycles. The third-order valence-corrected chi connectivity index (χ3v) is 6.55. The number of amides is 1. The molecule has 0 saturated heterocycles. The zero-order valence-electron chi connectivity index (χ0n) is 18.2. The fourth-order valence-electron chi connectivity index (χ4n) is 4.77. The molecule has 0 spiro atoms. The van der Waals surface area contributed by atoms with Gasteiger partial charge in [0.25, 0.3) is 5.91 Å². The Balaban J connectivity index is 1.80. The molecule has 2 heterocycles. The number of hydrogen-bond acceptors (Lipinski definition) is 3. The average molecular weight is 391 g/mol. The summed E-state index contributed by atoms with van der Waals surface area (Å²) in [5.41, 5.74) is 6.48. The van der Waals surface area contributed by atoms with Crippen LogP contribution in [-0.4, -0.2) is 32.1 Å². The van der Waals surface area contributed by atoms with E-state index in [2.05, 4.69) is 50.9 Å². The molecule has 1 atom stereocenters. The molecular formula is C25H30N2O2. The second-order valence-electron chi connectivity index (χ2n) is 8.79. The Hall–Kier alpha value is -2.75. The van der Waals surface area contributed by atoms with E-state index in [0.717, 1.165) is 34.6 Å². The number of ether oxygens (including phenoxy) is 1. The predicted molar refractivity (Wildman–Crippen MR) is 121 cm³/mol. The van der Waals surface area contributed by atoms with Gasteiger partial charge in [-0.15, -0.1) is 0 Å². The summed E-state index contributed by atoms with van der Waals surface area (Å²) in [6, 6.07) is 12.4. The van der Waals surface area contributed by atoms with Gasteiger partial charge in [0.05, 0.1) is 12.8 Å². The van der Waals surface area contributed by atoms with Crippen molar-refractivity contribution in [1.82, 2.24) is 0 Å². The highest BCUT2D eigenvalue weighted by molar-refractivity contribution is 6.35. The Morgan fingerprint density at radius 3 is 2.59 bits per heavy atom. The van der Waals surface area contributed by atoms with Gasteiger partial charge in [-0.2, -0.15) is 0 Å². The van der Waals surface area contributed by atoms with E-state index in [1.165, 1.54) is 11.3 Å². The molecule has 152 valence electrons. The average Bonchev–Trinajstić information content (AvgIpc) is 2.96. The van der Waals surface area contributed by atoms with Crippen molar-refractivity contribution in [3.63, 3.8) is 0 Å². The van der Waals surface area contributed by atoms with Gasteiger partial charge in [0.1, 0.15) is 5.75 Å². The topological polar surface area (TPSA) is 32.8 Å². The summed E-state index contributed by atoms with van der Waals surface area (Å²) >= 11 is 0. The van der Waals surface area contributed by atoms with E-state index in [4.69, 9.17) is 4.74 Å². The number of benzene rings is 2. The molecule has 0 saturated carbocycles. The van der Waals surface area contributed by atoms with Gasteiger partial charge in [0, 0.05) is 36.0 Å². The van der Waals surface area contributed by atoms with Gasteiger partial charge < -0.3 is 14.5 Å². The molecule has 0 bridgehead atoms. The number of carbonyl (C=O) groups excluding carboxylic acids is 1. The largest absolute Gasteiger partial charge is 0.497 e. The smallest absolute Gasteiger partial charge is 0.258 e. The number of carbonyl (C=O) groups is 1. The summed E-state index contributed by atoms with van der Waals surface area (Å²) in [7, 11) is 3.83. The van der Waals surface area contributed by atoms with Crippen molar-refractivity contribution < 1.29 is 9.53 Å². The minimum absolute atomic E-state index is 0.0553. The number of fused-ring (bicyclic) bond motifs is 2. The molecule has 0 radical (unpaired) electrons.